The molecule has 6 heteroatoms. The molecule has 0 radical (unpaired) electrons. The highest BCUT2D eigenvalue weighted by Crippen LogP contribution is 2.38. The molecular formula is C40H54O5Si. The van der Waals surface area contributed by atoms with Crippen LogP contribution in [0.5, 0.6) is 0 Å². The quantitative estimate of drug-likeness (QED) is 0.0802. The van der Waals surface area contributed by atoms with E-state index in [1.165, 1.54) is 49.4 Å². The fourth-order valence-corrected chi connectivity index (χ4v) is 10.9. The monoisotopic (exact) mass is 642 g/mol. The van der Waals surface area contributed by atoms with Crippen LogP contribution in [0.4, 0.5) is 0 Å². The van der Waals surface area contributed by atoms with E-state index >= 15 is 0 Å². The Balaban J connectivity index is 1.98. The summed E-state index contributed by atoms with van der Waals surface area (Å²) in [5.74, 6) is -1.23. The van der Waals surface area contributed by atoms with E-state index < -0.39 is 20.4 Å². The van der Waals surface area contributed by atoms with Crippen molar-refractivity contribution >= 4 is 36.7 Å². The van der Waals surface area contributed by atoms with Gasteiger partial charge in [0.05, 0.1) is 6.10 Å². The molecule has 0 saturated carbocycles. The van der Waals surface area contributed by atoms with Gasteiger partial charge in [0, 0.05) is 13.3 Å². The number of hydrogen-bond acceptors (Lipinski definition) is 4. The topological polar surface area (TPSA) is 72.8 Å². The van der Waals surface area contributed by atoms with Crippen molar-refractivity contribution in [3.63, 3.8) is 0 Å². The van der Waals surface area contributed by atoms with Crippen molar-refractivity contribution in [1.82, 2.24) is 0 Å². The molecular weight excluding hydrogens is 589 g/mol. The smallest absolute Gasteiger partial charge is 0.303 e. The number of carbonyl (C=O) groups is 2. The molecule has 3 aromatic carbocycles. The third-order valence-corrected chi connectivity index (χ3v) is 13.6. The second-order valence-corrected chi connectivity index (χ2v) is 17.5. The maximum atomic E-state index is 11.9. The first-order valence-electron chi connectivity index (χ1n) is 17.0. The van der Waals surface area contributed by atoms with Gasteiger partial charge in [-0.2, -0.15) is 0 Å². The van der Waals surface area contributed by atoms with Crippen LogP contribution in [-0.4, -0.2) is 31.5 Å². The van der Waals surface area contributed by atoms with Crippen molar-refractivity contribution in [3.05, 3.63) is 102 Å². The van der Waals surface area contributed by atoms with Crippen LogP contribution in [0.25, 0.3) is 6.08 Å². The molecule has 5 nitrogen and oxygen atoms in total. The minimum absolute atomic E-state index is 0.0388. The van der Waals surface area contributed by atoms with Crippen LogP contribution in [0.1, 0.15) is 116 Å². The number of ether oxygens (including phenoxy) is 1. The molecule has 2 unspecified atom stereocenters. The number of esters is 1. The summed E-state index contributed by atoms with van der Waals surface area (Å²) in [5, 5.41) is 11.5. The van der Waals surface area contributed by atoms with Gasteiger partial charge in [0.15, 0.2) is 0 Å². The molecule has 0 aliphatic carbocycles. The van der Waals surface area contributed by atoms with Crippen LogP contribution >= 0.6 is 0 Å². The fraction of sp³-hybridized carbons (Fsp3) is 0.450. The van der Waals surface area contributed by atoms with E-state index in [2.05, 4.69) is 101 Å². The highest BCUT2D eigenvalue weighted by atomic mass is 28.4. The summed E-state index contributed by atoms with van der Waals surface area (Å²) in [4.78, 5) is 23.0. The Hall–Kier alpha value is -3.48. The Morgan fingerprint density at radius 3 is 1.98 bits per heavy atom. The summed E-state index contributed by atoms with van der Waals surface area (Å²) in [6, 6.07) is 29.6. The van der Waals surface area contributed by atoms with Crippen LogP contribution < -0.4 is 10.4 Å². The average Bonchev–Trinajstić information content (AvgIpc) is 3.03. The van der Waals surface area contributed by atoms with Crippen LogP contribution in [0.15, 0.2) is 91.0 Å². The summed E-state index contributed by atoms with van der Waals surface area (Å²) in [5.41, 5.74) is 1.86. The number of unbranched alkanes of at least 4 members (excludes halogenated alkanes) is 5. The zero-order valence-corrected chi connectivity index (χ0v) is 29.5. The summed E-state index contributed by atoms with van der Waals surface area (Å²) in [6.45, 7) is 10.6. The van der Waals surface area contributed by atoms with E-state index in [1.54, 1.807) is 0 Å². The number of hydrogen-bond donors (Lipinski definition) is 1. The summed E-state index contributed by atoms with van der Waals surface area (Å²) < 4.78 is 13.2. The van der Waals surface area contributed by atoms with Crippen molar-refractivity contribution < 1.29 is 23.9 Å². The van der Waals surface area contributed by atoms with Gasteiger partial charge in [-0.1, -0.05) is 157 Å². The van der Waals surface area contributed by atoms with E-state index in [-0.39, 0.29) is 23.5 Å². The molecule has 0 bridgehead atoms. The van der Waals surface area contributed by atoms with E-state index in [0.717, 1.165) is 24.0 Å². The van der Waals surface area contributed by atoms with Gasteiger partial charge in [-0.15, -0.1) is 0 Å². The van der Waals surface area contributed by atoms with Crippen LogP contribution in [0.3, 0.4) is 0 Å². The first-order chi connectivity index (χ1) is 22.1. The molecule has 0 aliphatic heterocycles. The fourth-order valence-electron chi connectivity index (χ4n) is 6.25. The minimum atomic E-state index is -2.76. The highest BCUT2D eigenvalue weighted by Gasteiger charge is 2.51. The number of aliphatic carboxylic acids is 1. The zero-order valence-electron chi connectivity index (χ0n) is 28.5. The van der Waals surface area contributed by atoms with Gasteiger partial charge in [0.25, 0.3) is 8.32 Å². The van der Waals surface area contributed by atoms with Crippen molar-refractivity contribution in [2.24, 2.45) is 0 Å². The number of carbonyl (C=O) groups excluding carboxylic acids is 1. The maximum Gasteiger partial charge on any atom is 0.303 e. The lowest BCUT2D eigenvalue weighted by atomic mass is 10.0. The molecule has 0 spiro atoms. The molecule has 0 fully saturated rings. The van der Waals surface area contributed by atoms with Gasteiger partial charge >= 0.3 is 11.9 Å². The van der Waals surface area contributed by atoms with Crippen LogP contribution in [-0.2, 0) is 18.8 Å². The normalized spacial score (nSPS) is 13.4. The molecule has 1 N–H and O–H groups in total. The Bertz CT molecular complexity index is 1320. The molecule has 0 amide bonds. The van der Waals surface area contributed by atoms with Gasteiger partial charge in [-0.25, -0.2) is 0 Å². The lowest BCUT2D eigenvalue weighted by Gasteiger charge is -2.45. The Kier molecular flexibility index (Phi) is 15.0. The molecule has 248 valence electrons. The SMILES string of the molecule is CCCCCCCCC(C=Cc1cccc(C(CCCC(=O)O)OC(C)=O)c1)O[Si](c1ccccc1)(c1ccccc1)C(C)(C)C. The third-order valence-electron chi connectivity index (χ3n) is 8.54. The highest BCUT2D eigenvalue weighted by molar-refractivity contribution is 6.99. The maximum absolute atomic E-state index is 11.9. The van der Waals surface area contributed by atoms with E-state index in [0.29, 0.717) is 12.8 Å². The van der Waals surface area contributed by atoms with Crippen molar-refractivity contribution in [2.45, 2.75) is 116 Å². The predicted octanol–water partition coefficient (Wildman–Crippen LogP) is 9.25. The lowest BCUT2D eigenvalue weighted by Crippen LogP contribution is -2.67. The molecule has 0 saturated heterocycles. The van der Waals surface area contributed by atoms with E-state index in [9.17, 15) is 9.59 Å². The van der Waals surface area contributed by atoms with Crippen molar-refractivity contribution in [1.29, 1.82) is 0 Å². The Morgan fingerprint density at radius 1 is 0.804 bits per heavy atom. The largest absolute Gasteiger partial charge is 0.481 e. The second kappa shape index (κ2) is 18.6. The summed E-state index contributed by atoms with van der Waals surface area (Å²) in [7, 11) is -2.76. The molecule has 0 aromatic heterocycles. The van der Waals surface area contributed by atoms with E-state index in [1.807, 2.05) is 24.3 Å². The first-order valence-corrected chi connectivity index (χ1v) is 18.9. The number of carboxylic acid groups (broad SMARTS) is 1. The van der Waals surface area contributed by atoms with Gasteiger partial charge in [0.2, 0.25) is 0 Å². The summed E-state index contributed by atoms with van der Waals surface area (Å²) >= 11 is 0. The number of carboxylic acids is 1. The Morgan fingerprint density at radius 2 is 1.41 bits per heavy atom. The van der Waals surface area contributed by atoms with Gasteiger partial charge in [-0.3, -0.25) is 9.59 Å². The minimum Gasteiger partial charge on any atom is -0.481 e. The van der Waals surface area contributed by atoms with Gasteiger partial charge < -0.3 is 14.3 Å². The third kappa shape index (κ3) is 11.1. The van der Waals surface area contributed by atoms with Crippen LogP contribution in [0, 0.1) is 0 Å². The number of benzene rings is 3. The molecule has 0 heterocycles. The zero-order chi connectivity index (χ0) is 33.4. The van der Waals surface area contributed by atoms with E-state index in [4.69, 9.17) is 14.3 Å². The Labute approximate surface area is 278 Å². The van der Waals surface area contributed by atoms with Crippen molar-refractivity contribution in [3.8, 4) is 0 Å². The average molecular weight is 643 g/mol. The standard InChI is InChI=1S/C40H54O5Si/c1-6-7-8-9-10-13-22-35(30-29-33-20-18-21-34(31-33)38(44-32(2)41)27-19-28-39(42)43)45-46(40(3,4)5,36-23-14-11-15-24-36)37-25-16-12-17-26-37/h11-12,14-18,20-21,23-26,29-31,35,38H,6-10,13,19,22,27-28H2,1-5H3,(H,42,43). The van der Waals surface area contributed by atoms with Gasteiger partial charge in [0.1, 0.15) is 6.10 Å². The first kappa shape index (κ1) is 37.0. The van der Waals surface area contributed by atoms with Gasteiger partial charge in [-0.05, 0) is 51.9 Å². The van der Waals surface area contributed by atoms with Crippen LogP contribution in [0.2, 0.25) is 5.04 Å². The number of rotatable bonds is 19. The molecule has 2 atom stereocenters. The lowest BCUT2D eigenvalue weighted by molar-refractivity contribution is -0.147. The molecule has 3 rings (SSSR count). The summed E-state index contributed by atoms with van der Waals surface area (Å²) in [6.07, 6.45) is 12.9. The van der Waals surface area contributed by atoms with Crippen molar-refractivity contribution in [2.75, 3.05) is 0 Å². The molecule has 3 aromatic rings. The predicted molar refractivity (Wildman–Crippen MR) is 192 cm³/mol. The molecule has 0 aliphatic rings. The molecule has 46 heavy (non-hydrogen) atoms. The second-order valence-electron chi connectivity index (χ2n) is 13.3.